The number of carbonyl (C=O) groups excluding carboxylic acids is 1. The Balaban J connectivity index is 1.31. The van der Waals surface area contributed by atoms with Gasteiger partial charge in [-0.25, -0.2) is 8.42 Å². The van der Waals surface area contributed by atoms with Crippen LogP contribution in [0.3, 0.4) is 0 Å². The molecule has 0 bridgehead atoms. The van der Waals surface area contributed by atoms with Crippen LogP contribution in [0.4, 0.5) is 11.4 Å². The number of benzene rings is 2. The van der Waals surface area contributed by atoms with Gasteiger partial charge in [0.05, 0.1) is 17.8 Å². The number of carbonyl (C=O) groups is 1. The van der Waals surface area contributed by atoms with Gasteiger partial charge in [0.2, 0.25) is 5.91 Å². The zero-order valence-electron chi connectivity index (χ0n) is 17.9. The van der Waals surface area contributed by atoms with Crippen molar-refractivity contribution in [2.24, 2.45) is 4.99 Å². The molecule has 1 fully saturated rings. The lowest BCUT2D eigenvalue weighted by Crippen LogP contribution is -2.44. The number of aryl methyl sites for hydroxylation is 1. The minimum absolute atomic E-state index is 0.0300. The number of nitrogens with zero attached hydrogens (tertiary/aromatic N) is 3. The zero-order chi connectivity index (χ0) is 23.0. The molecule has 10 heteroatoms. The molecule has 3 aliphatic rings. The molecule has 33 heavy (non-hydrogen) atoms. The molecule has 0 aromatic heterocycles. The fourth-order valence-electron chi connectivity index (χ4n) is 4.58. The van der Waals surface area contributed by atoms with E-state index < -0.39 is 10.0 Å². The smallest absolute Gasteiger partial charge is 0.262 e. The number of hydrogen-bond donors (Lipinski definition) is 2. The second-order valence-electron chi connectivity index (χ2n) is 8.22. The maximum absolute atomic E-state index is 13.3. The van der Waals surface area contributed by atoms with Crippen LogP contribution < -0.4 is 19.8 Å². The molecule has 0 spiro atoms. The first-order valence-electron chi connectivity index (χ1n) is 10.9. The first-order valence-corrected chi connectivity index (χ1v) is 12.7. The first-order chi connectivity index (χ1) is 15.9. The Bertz CT molecular complexity index is 1240. The molecule has 3 aliphatic heterocycles. The molecule has 0 aliphatic carbocycles. The van der Waals surface area contributed by atoms with Crippen molar-refractivity contribution in [1.82, 2.24) is 10.0 Å². The van der Waals surface area contributed by atoms with Crippen LogP contribution in [0.25, 0.3) is 0 Å². The Morgan fingerprint density at radius 3 is 2.70 bits per heavy atom. The average molecular weight is 486 g/mol. The second-order valence-corrected chi connectivity index (χ2v) is 10.3. The quantitative estimate of drug-likeness (QED) is 0.679. The number of rotatable bonds is 5. The van der Waals surface area contributed by atoms with Crippen LogP contribution in [0.5, 0.6) is 0 Å². The second kappa shape index (κ2) is 8.72. The summed E-state index contributed by atoms with van der Waals surface area (Å²) in [5.41, 5.74) is 2.95. The minimum Gasteiger partial charge on any atom is -0.359 e. The van der Waals surface area contributed by atoms with Crippen LogP contribution in [0, 0.1) is 0 Å². The maximum atomic E-state index is 13.3. The monoisotopic (exact) mass is 485 g/mol. The van der Waals surface area contributed by atoms with Crippen molar-refractivity contribution in [3.8, 4) is 0 Å². The largest absolute Gasteiger partial charge is 0.359 e. The summed E-state index contributed by atoms with van der Waals surface area (Å²) in [5.74, 6) is 0.400. The lowest BCUT2D eigenvalue weighted by molar-refractivity contribution is -0.118. The summed E-state index contributed by atoms with van der Waals surface area (Å²) in [6.45, 7) is 1.83. The lowest BCUT2D eigenvalue weighted by Gasteiger charge is -2.35. The van der Waals surface area contributed by atoms with Crippen molar-refractivity contribution in [2.45, 2.75) is 30.2 Å². The number of sulfonamides is 1. The Morgan fingerprint density at radius 2 is 1.94 bits per heavy atom. The molecule has 172 valence electrons. The highest BCUT2D eigenvalue weighted by Gasteiger charge is 2.38. The van der Waals surface area contributed by atoms with E-state index in [4.69, 9.17) is 11.6 Å². The molecule has 2 aromatic rings. The van der Waals surface area contributed by atoms with E-state index in [1.807, 2.05) is 18.2 Å². The summed E-state index contributed by atoms with van der Waals surface area (Å²) < 4.78 is 27.8. The van der Waals surface area contributed by atoms with E-state index in [-0.39, 0.29) is 16.8 Å². The Hall–Kier alpha value is -3.04. The summed E-state index contributed by atoms with van der Waals surface area (Å²) in [6.07, 6.45) is 5.76. The van der Waals surface area contributed by atoms with Crippen molar-refractivity contribution >= 4 is 45.2 Å². The predicted molar refractivity (Wildman–Crippen MR) is 129 cm³/mol. The molecule has 2 N–H and O–H groups in total. The molecule has 1 amide bonds. The number of hydrogen-bond acceptors (Lipinski definition) is 6. The van der Waals surface area contributed by atoms with Crippen molar-refractivity contribution in [3.63, 3.8) is 0 Å². The summed E-state index contributed by atoms with van der Waals surface area (Å²) in [5, 5.41) is 3.48. The molecule has 8 nitrogen and oxygen atoms in total. The van der Waals surface area contributed by atoms with Crippen LogP contribution in [-0.4, -0.2) is 46.3 Å². The number of aliphatic imine (C=N–C) groups is 1. The van der Waals surface area contributed by atoms with E-state index in [0.717, 1.165) is 25.1 Å². The molecule has 1 unspecified atom stereocenters. The molecular formula is C23H24ClN5O3S. The molecule has 0 saturated carbocycles. The zero-order valence-corrected chi connectivity index (χ0v) is 19.4. The van der Waals surface area contributed by atoms with Crippen molar-refractivity contribution in [3.05, 3.63) is 64.9 Å². The SMILES string of the molecule is O=C1C(N2CCCc3cc(Cl)ccc32)CCN1c1ccc(S(=O)(=O)NC2=CCN=CN2)cc1. The summed E-state index contributed by atoms with van der Waals surface area (Å²) in [6, 6.07) is 12.0. The number of amides is 1. The van der Waals surface area contributed by atoms with E-state index in [2.05, 4.69) is 19.9 Å². The van der Waals surface area contributed by atoms with Gasteiger partial charge in [0, 0.05) is 29.5 Å². The first kappa shape index (κ1) is 21.8. The standard InChI is InChI=1S/C23H24ClN5O3S/c24-17-3-8-20-16(14-17)2-1-12-29(20)21-10-13-28(23(21)30)18-4-6-19(7-5-18)33(31,32)27-22-9-11-25-15-26-22/h3-9,14-15,21,27H,1-2,10-13H2,(H,25,26). The fourth-order valence-corrected chi connectivity index (χ4v) is 5.82. The van der Waals surface area contributed by atoms with E-state index in [0.29, 0.717) is 36.0 Å². The van der Waals surface area contributed by atoms with Gasteiger partial charge in [-0.1, -0.05) is 11.6 Å². The minimum atomic E-state index is -3.74. The molecule has 0 radical (unpaired) electrons. The van der Waals surface area contributed by atoms with Gasteiger partial charge in [0.15, 0.2) is 0 Å². The van der Waals surface area contributed by atoms with Crippen LogP contribution >= 0.6 is 11.6 Å². The van der Waals surface area contributed by atoms with Gasteiger partial charge in [-0.3, -0.25) is 14.5 Å². The summed E-state index contributed by atoms with van der Waals surface area (Å²) in [4.78, 5) is 21.3. The molecule has 3 heterocycles. The van der Waals surface area contributed by atoms with Crippen LogP contribution in [0.1, 0.15) is 18.4 Å². The highest BCUT2D eigenvalue weighted by atomic mass is 35.5. The highest BCUT2D eigenvalue weighted by Crippen LogP contribution is 2.34. The third-order valence-electron chi connectivity index (χ3n) is 6.16. The number of fused-ring (bicyclic) bond motifs is 1. The number of halogens is 1. The van der Waals surface area contributed by atoms with Gasteiger partial charge in [0.25, 0.3) is 10.0 Å². The van der Waals surface area contributed by atoms with Gasteiger partial charge in [-0.15, -0.1) is 0 Å². The van der Waals surface area contributed by atoms with Gasteiger partial charge >= 0.3 is 0 Å². The topological polar surface area (TPSA) is 94.1 Å². The summed E-state index contributed by atoms with van der Waals surface area (Å²) >= 11 is 6.16. The Kier molecular flexibility index (Phi) is 5.76. The van der Waals surface area contributed by atoms with Crippen molar-refractivity contribution in [2.75, 3.05) is 29.4 Å². The number of nitrogens with one attached hydrogen (secondary N) is 2. The molecule has 2 aromatic carbocycles. The summed E-state index contributed by atoms with van der Waals surface area (Å²) in [7, 11) is -3.74. The van der Waals surface area contributed by atoms with Crippen LogP contribution in [-0.2, 0) is 21.2 Å². The Morgan fingerprint density at radius 1 is 1.12 bits per heavy atom. The fraction of sp³-hybridized carbons (Fsp3) is 0.304. The highest BCUT2D eigenvalue weighted by molar-refractivity contribution is 7.89. The molecule has 1 saturated heterocycles. The van der Waals surface area contributed by atoms with E-state index in [9.17, 15) is 13.2 Å². The molecule has 1 atom stereocenters. The van der Waals surface area contributed by atoms with Crippen LogP contribution in [0.15, 0.2) is 64.2 Å². The average Bonchev–Trinajstić information content (AvgIpc) is 3.20. The maximum Gasteiger partial charge on any atom is 0.262 e. The normalized spacial score (nSPS) is 20.3. The third kappa shape index (κ3) is 4.30. The van der Waals surface area contributed by atoms with Crippen molar-refractivity contribution in [1.29, 1.82) is 0 Å². The molecule has 5 rings (SSSR count). The lowest BCUT2D eigenvalue weighted by atomic mass is 9.99. The van der Waals surface area contributed by atoms with E-state index >= 15 is 0 Å². The third-order valence-corrected chi connectivity index (χ3v) is 7.78. The molecular weight excluding hydrogens is 462 g/mol. The van der Waals surface area contributed by atoms with Gasteiger partial charge in [-0.2, -0.15) is 0 Å². The number of anilines is 2. The van der Waals surface area contributed by atoms with E-state index in [1.165, 1.54) is 24.0 Å². The van der Waals surface area contributed by atoms with Gasteiger partial charge in [-0.05, 0) is 73.4 Å². The van der Waals surface area contributed by atoms with Gasteiger partial charge in [0.1, 0.15) is 11.9 Å². The van der Waals surface area contributed by atoms with E-state index in [1.54, 1.807) is 23.1 Å². The van der Waals surface area contributed by atoms with Crippen molar-refractivity contribution < 1.29 is 13.2 Å². The Labute approximate surface area is 198 Å². The predicted octanol–water partition coefficient (Wildman–Crippen LogP) is 2.65. The van der Waals surface area contributed by atoms with Gasteiger partial charge < -0.3 is 15.1 Å². The van der Waals surface area contributed by atoms with Crippen LogP contribution in [0.2, 0.25) is 5.02 Å².